The number of aryl methyl sites for hydroxylation is 1. The first-order chi connectivity index (χ1) is 12.2. The molecule has 0 aliphatic heterocycles. The third-order valence-corrected chi connectivity index (χ3v) is 5.09. The Hall–Kier alpha value is -1.84. The largest absolute Gasteiger partial charge is 0.469 e. The first-order valence-corrected chi connectivity index (χ1v) is 9.61. The summed E-state index contributed by atoms with van der Waals surface area (Å²) < 4.78 is 4.76. The number of nitrogens with zero attached hydrogens (tertiary/aromatic N) is 1. The molecule has 0 radical (unpaired) electrons. The summed E-state index contributed by atoms with van der Waals surface area (Å²) in [5, 5.41) is 0. The van der Waals surface area contributed by atoms with Crippen LogP contribution in [0.25, 0.3) is 0 Å². The Kier molecular flexibility index (Phi) is 8.50. The predicted octanol–water partition coefficient (Wildman–Crippen LogP) is 4.12. The molecule has 1 aliphatic rings. The zero-order chi connectivity index (χ0) is 17.9. The van der Waals surface area contributed by atoms with Crippen molar-refractivity contribution in [2.24, 2.45) is 0 Å². The molecule has 1 fully saturated rings. The summed E-state index contributed by atoms with van der Waals surface area (Å²) in [6, 6.07) is 10.4. The number of carbonyl (C=O) groups is 2. The van der Waals surface area contributed by atoms with Gasteiger partial charge in [-0.15, -0.1) is 0 Å². The molecule has 1 saturated carbocycles. The van der Waals surface area contributed by atoms with E-state index in [0.29, 0.717) is 13.0 Å². The summed E-state index contributed by atoms with van der Waals surface area (Å²) in [4.78, 5) is 26.4. The van der Waals surface area contributed by atoms with Gasteiger partial charge in [-0.05, 0) is 24.8 Å². The molecule has 1 amide bonds. The van der Waals surface area contributed by atoms with Crippen molar-refractivity contribution < 1.29 is 14.3 Å². The first kappa shape index (κ1) is 19.5. The molecule has 138 valence electrons. The molecule has 0 spiro atoms. The molecule has 1 aromatic carbocycles. The van der Waals surface area contributed by atoms with Crippen LogP contribution >= 0.6 is 0 Å². The van der Waals surface area contributed by atoms with E-state index in [1.807, 2.05) is 23.1 Å². The average molecular weight is 345 g/mol. The molecular weight excluding hydrogens is 314 g/mol. The normalized spacial score (nSPS) is 15.9. The quantitative estimate of drug-likeness (QED) is 0.698. The van der Waals surface area contributed by atoms with Gasteiger partial charge in [0.15, 0.2) is 0 Å². The standard InChI is InChI=1S/C21H31NO3/c1-25-21(24)16-17-22(19-12-8-3-2-4-9-13-19)20(23)15-14-18-10-6-5-7-11-18/h5-7,10-11,19H,2-4,8-9,12-17H2,1H3. The van der Waals surface area contributed by atoms with E-state index in [0.717, 1.165) is 19.3 Å². The molecule has 0 unspecified atom stereocenters. The zero-order valence-corrected chi connectivity index (χ0v) is 15.4. The number of carbonyl (C=O) groups excluding carboxylic acids is 2. The zero-order valence-electron chi connectivity index (χ0n) is 15.4. The highest BCUT2D eigenvalue weighted by molar-refractivity contribution is 5.78. The van der Waals surface area contributed by atoms with Crippen molar-refractivity contribution in [1.82, 2.24) is 4.90 Å². The van der Waals surface area contributed by atoms with Crippen LogP contribution < -0.4 is 0 Å². The summed E-state index contributed by atoms with van der Waals surface area (Å²) in [6.07, 6.45) is 9.79. The third kappa shape index (κ3) is 6.89. The predicted molar refractivity (Wildman–Crippen MR) is 99.2 cm³/mol. The van der Waals surface area contributed by atoms with Crippen molar-refractivity contribution in [3.8, 4) is 0 Å². The van der Waals surface area contributed by atoms with E-state index in [1.165, 1.54) is 44.8 Å². The molecule has 4 heteroatoms. The molecule has 1 aliphatic carbocycles. The molecular formula is C21H31NO3. The van der Waals surface area contributed by atoms with Gasteiger partial charge >= 0.3 is 5.97 Å². The fraction of sp³-hybridized carbons (Fsp3) is 0.619. The first-order valence-electron chi connectivity index (χ1n) is 9.61. The molecule has 25 heavy (non-hydrogen) atoms. The highest BCUT2D eigenvalue weighted by Crippen LogP contribution is 2.23. The van der Waals surface area contributed by atoms with Crippen LogP contribution in [0.1, 0.15) is 63.4 Å². The van der Waals surface area contributed by atoms with Crippen LogP contribution in [0.5, 0.6) is 0 Å². The van der Waals surface area contributed by atoms with Gasteiger partial charge in [0, 0.05) is 19.0 Å². The van der Waals surface area contributed by atoms with E-state index in [2.05, 4.69) is 12.1 Å². The minimum Gasteiger partial charge on any atom is -0.469 e. The maximum atomic E-state index is 12.9. The lowest BCUT2D eigenvalue weighted by molar-refractivity contribution is -0.142. The van der Waals surface area contributed by atoms with Gasteiger partial charge in [0.05, 0.1) is 13.5 Å². The maximum absolute atomic E-state index is 12.9. The van der Waals surface area contributed by atoms with E-state index < -0.39 is 0 Å². The van der Waals surface area contributed by atoms with Crippen molar-refractivity contribution in [3.05, 3.63) is 35.9 Å². The summed E-state index contributed by atoms with van der Waals surface area (Å²) >= 11 is 0. The minimum absolute atomic E-state index is 0.165. The minimum atomic E-state index is -0.244. The Morgan fingerprint density at radius 3 is 2.28 bits per heavy atom. The molecule has 0 N–H and O–H groups in total. The van der Waals surface area contributed by atoms with Crippen LogP contribution in [0, 0.1) is 0 Å². The summed E-state index contributed by atoms with van der Waals surface area (Å²) in [5.74, 6) is -0.0787. The van der Waals surface area contributed by atoms with Gasteiger partial charge in [-0.1, -0.05) is 62.4 Å². The van der Waals surface area contributed by atoms with E-state index in [9.17, 15) is 9.59 Å². The molecule has 1 aromatic rings. The average Bonchev–Trinajstić information content (AvgIpc) is 2.61. The number of hydrogen-bond acceptors (Lipinski definition) is 3. The maximum Gasteiger partial charge on any atom is 0.307 e. The second kappa shape index (κ2) is 10.9. The Bertz CT molecular complexity index is 521. The van der Waals surface area contributed by atoms with Crippen molar-refractivity contribution in [2.45, 2.75) is 70.3 Å². The number of benzene rings is 1. The van der Waals surface area contributed by atoms with Gasteiger partial charge in [-0.2, -0.15) is 0 Å². The number of esters is 1. The molecule has 0 heterocycles. The Morgan fingerprint density at radius 2 is 1.64 bits per heavy atom. The summed E-state index contributed by atoms with van der Waals surface area (Å²) in [7, 11) is 1.40. The molecule has 0 saturated heterocycles. The SMILES string of the molecule is COC(=O)CCN(C(=O)CCc1ccccc1)C1CCCCCCC1. The van der Waals surface area contributed by atoms with Gasteiger partial charge in [0.2, 0.25) is 5.91 Å². The van der Waals surface area contributed by atoms with Crippen LogP contribution in [-0.2, 0) is 20.7 Å². The highest BCUT2D eigenvalue weighted by Gasteiger charge is 2.24. The Balaban J connectivity index is 1.97. The lowest BCUT2D eigenvalue weighted by Gasteiger charge is -2.33. The number of amides is 1. The monoisotopic (exact) mass is 345 g/mol. The molecule has 0 aromatic heterocycles. The van der Waals surface area contributed by atoms with E-state index >= 15 is 0 Å². The summed E-state index contributed by atoms with van der Waals surface area (Å²) in [5.41, 5.74) is 1.18. The van der Waals surface area contributed by atoms with Gasteiger partial charge < -0.3 is 9.64 Å². The second-order valence-electron chi connectivity index (χ2n) is 6.90. The van der Waals surface area contributed by atoms with Crippen LogP contribution in [-0.4, -0.2) is 36.5 Å². The fourth-order valence-electron chi connectivity index (χ4n) is 3.61. The number of ether oxygens (including phenoxy) is 1. The number of hydrogen-bond donors (Lipinski definition) is 0. The highest BCUT2D eigenvalue weighted by atomic mass is 16.5. The third-order valence-electron chi connectivity index (χ3n) is 5.09. The topological polar surface area (TPSA) is 46.6 Å². The van der Waals surface area contributed by atoms with Crippen molar-refractivity contribution in [1.29, 1.82) is 0 Å². The number of rotatable bonds is 7. The molecule has 0 bridgehead atoms. The number of methoxy groups -OCH3 is 1. The van der Waals surface area contributed by atoms with Gasteiger partial charge in [-0.25, -0.2) is 0 Å². The van der Waals surface area contributed by atoms with E-state index in [1.54, 1.807) is 0 Å². The smallest absolute Gasteiger partial charge is 0.307 e. The Morgan fingerprint density at radius 1 is 1.00 bits per heavy atom. The molecule has 4 nitrogen and oxygen atoms in total. The van der Waals surface area contributed by atoms with Gasteiger partial charge in [-0.3, -0.25) is 9.59 Å². The summed E-state index contributed by atoms with van der Waals surface area (Å²) in [6.45, 7) is 0.477. The lowest BCUT2D eigenvalue weighted by atomic mass is 9.95. The van der Waals surface area contributed by atoms with Crippen LogP contribution in [0.15, 0.2) is 30.3 Å². The van der Waals surface area contributed by atoms with Gasteiger partial charge in [0.25, 0.3) is 0 Å². The van der Waals surface area contributed by atoms with Crippen LogP contribution in [0.4, 0.5) is 0 Å². The lowest BCUT2D eigenvalue weighted by Crippen LogP contribution is -2.42. The van der Waals surface area contributed by atoms with E-state index in [-0.39, 0.29) is 24.3 Å². The van der Waals surface area contributed by atoms with Crippen LogP contribution in [0.3, 0.4) is 0 Å². The van der Waals surface area contributed by atoms with Crippen molar-refractivity contribution >= 4 is 11.9 Å². The fourth-order valence-corrected chi connectivity index (χ4v) is 3.61. The van der Waals surface area contributed by atoms with Crippen molar-refractivity contribution in [3.63, 3.8) is 0 Å². The van der Waals surface area contributed by atoms with Gasteiger partial charge in [0.1, 0.15) is 0 Å². The molecule has 2 rings (SSSR count). The Labute approximate surface area is 151 Å². The van der Waals surface area contributed by atoms with Crippen molar-refractivity contribution in [2.75, 3.05) is 13.7 Å². The van der Waals surface area contributed by atoms with Crippen LogP contribution in [0.2, 0.25) is 0 Å². The second-order valence-corrected chi connectivity index (χ2v) is 6.90. The van der Waals surface area contributed by atoms with E-state index in [4.69, 9.17) is 4.74 Å². The molecule has 0 atom stereocenters.